The number of rotatable bonds is 5. The van der Waals surface area contributed by atoms with Crippen molar-refractivity contribution >= 4 is 29.0 Å². The van der Waals surface area contributed by atoms with Crippen LogP contribution >= 0.6 is 11.6 Å². The van der Waals surface area contributed by atoms with Crippen molar-refractivity contribution in [1.29, 1.82) is 0 Å². The molecular weight excluding hydrogens is 352 g/mol. The predicted molar refractivity (Wildman–Crippen MR) is 91.0 cm³/mol. The van der Waals surface area contributed by atoms with Crippen molar-refractivity contribution in [3.63, 3.8) is 0 Å². The Balaban J connectivity index is 1.51. The van der Waals surface area contributed by atoms with Gasteiger partial charge in [-0.15, -0.1) is 0 Å². The highest BCUT2D eigenvalue weighted by molar-refractivity contribution is 6.30. The van der Waals surface area contributed by atoms with Gasteiger partial charge in [0.2, 0.25) is 5.91 Å². The Morgan fingerprint density at radius 3 is 2.72 bits per heavy atom. The van der Waals surface area contributed by atoms with Gasteiger partial charge in [-0.05, 0) is 25.0 Å². The number of hydrogen-bond donors (Lipinski definition) is 1. The summed E-state index contributed by atoms with van der Waals surface area (Å²) in [6, 6.07) is 3.65. The van der Waals surface area contributed by atoms with E-state index in [9.17, 15) is 13.6 Å². The van der Waals surface area contributed by atoms with Crippen LogP contribution in [-0.4, -0.2) is 40.2 Å². The smallest absolute Gasteiger partial charge is 0.257 e. The first-order chi connectivity index (χ1) is 12.0. The Labute approximate surface area is 148 Å². The molecule has 1 aliphatic rings. The molecular formula is C16H18ClF2N5O. The maximum absolute atomic E-state index is 12.3. The van der Waals surface area contributed by atoms with Gasteiger partial charge in [-0.1, -0.05) is 11.6 Å². The molecule has 0 unspecified atom stereocenters. The highest BCUT2D eigenvalue weighted by Gasteiger charge is 2.26. The molecule has 0 atom stereocenters. The van der Waals surface area contributed by atoms with E-state index in [1.165, 1.54) is 12.4 Å². The fourth-order valence-electron chi connectivity index (χ4n) is 2.84. The van der Waals surface area contributed by atoms with Crippen molar-refractivity contribution in [2.45, 2.75) is 25.8 Å². The number of pyridine rings is 1. The maximum atomic E-state index is 12.3. The van der Waals surface area contributed by atoms with E-state index in [0.29, 0.717) is 23.6 Å². The zero-order chi connectivity index (χ0) is 17.8. The maximum Gasteiger partial charge on any atom is 0.257 e. The molecule has 0 saturated carbocycles. The molecule has 0 aliphatic carbocycles. The van der Waals surface area contributed by atoms with Crippen LogP contribution in [0, 0.1) is 5.92 Å². The number of carbonyl (C=O) groups is 1. The summed E-state index contributed by atoms with van der Waals surface area (Å²) in [7, 11) is 0. The Kier molecular flexibility index (Phi) is 5.47. The van der Waals surface area contributed by atoms with Gasteiger partial charge < -0.3 is 10.2 Å². The second kappa shape index (κ2) is 7.77. The van der Waals surface area contributed by atoms with Crippen molar-refractivity contribution in [3.05, 3.63) is 35.7 Å². The van der Waals surface area contributed by atoms with Gasteiger partial charge in [-0.25, -0.2) is 13.8 Å². The number of amides is 1. The van der Waals surface area contributed by atoms with E-state index in [2.05, 4.69) is 20.3 Å². The molecule has 6 nitrogen and oxygen atoms in total. The number of piperidine rings is 1. The second-order valence-corrected chi connectivity index (χ2v) is 6.36. The van der Waals surface area contributed by atoms with Gasteiger partial charge in [-0.3, -0.25) is 9.48 Å². The SMILES string of the molecule is O=C(Nc1cnn(CC(F)F)c1)C1CCN(c2ccc(Cl)cn2)CC1. The van der Waals surface area contributed by atoms with Crippen molar-refractivity contribution in [2.75, 3.05) is 23.3 Å². The molecule has 9 heteroatoms. The number of halogens is 3. The van der Waals surface area contributed by atoms with Crippen LogP contribution < -0.4 is 10.2 Å². The number of anilines is 2. The van der Waals surface area contributed by atoms with Gasteiger partial charge in [0, 0.05) is 31.4 Å². The minimum atomic E-state index is -2.48. The Bertz CT molecular complexity index is 714. The van der Waals surface area contributed by atoms with Crippen LogP contribution in [0.25, 0.3) is 0 Å². The van der Waals surface area contributed by atoms with Gasteiger partial charge in [0.1, 0.15) is 12.4 Å². The molecule has 0 spiro atoms. The van der Waals surface area contributed by atoms with Gasteiger partial charge >= 0.3 is 0 Å². The molecule has 1 saturated heterocycles. The first kappa shape index (κ1) is 17.6. The monoisotopic (exact) mass is 369 g/mol. The number of alkyl halides is 2. The number of nitrogens with one attached hydrogen (secondary N) is 1. The fraction of sp³-hybridized carbons (Fsp3) is 0.438. The van der Waals surface area contributed by atoms with E-state index in [-0.39, 0.29) is 11.8 Å². The Morgan fingerprint density at radius 2 is 2.08 bits per heavy atom. The predicted octanol–water partition coefficient (Wildman–Crippen LogP) is 3.05. The van der Waals surface area contributed by atoms with E-state index in [0.717, 1.165) is 23.6 Å². The van der Waals surface area contributed by atoms with Gasteiger partial charge in [0.25, 0.3) is 6.43 Å². The lowest BCUT2D eigenvalue weighted by Crippen LogP contribution is -2.38. The van der Waals surface area contributed by atoms with Crippen molar-refractivity contribution in [3.8, 4) is 0 Å². The van der Waals surface area contributed by atoms with E-state index >= 15 is 0 Å². The van der Waals surface area contributed by atoms with Gasteiger partial charge in [0.15, 0.2) is 0 Å². The first-order valence-corrected chi connectivity index (χ1v) is 8.37. The van der Waals surface area contributed by atoms with Crippen molar-refractivity contribution in [2.24, 2.45) is 5.92 Å². The average Bonchev–Trinajstić information content (AvgIpc) is 3.02. The highest BCUT2D eigenvalue weighted by Crippen LogP contribution is 2.23. The zero-order valence-electron chi connectivity index (χ0n) is 13.4. The standard InChI is InChI=1S/C16H18ClF2N5O/c17-12-1-2-15(20-7-12)23-5-3-11(4-6-23)16(25)22-13-8-21-24(9-13)10-14(18)19/h1-2,7-9,11,14H,3-6,10H2,(H,22,25). The van der Waals surface area contributed by atoms with Crippen LogP contribution in [0.4, 0.5) is 20.3 Å². The largest absolute Gasteiger partial charge is 0.357 e. The van der Waals surface area contributed by atoms with Crippen LogP contribution in [-0.2, 0) is 11.3 Å². The first-order valence-electron chi connectivity index (χ1n) is 7.99. The molecule has 0 radical (unpaired) electrons. The van der Waals surface area contributed by atoms with E-state index in [1.807, 2.05) is 6.07 Å². The van der Waals surface area contributed by atoms with E-state index in [4.69, 9.17) is 11.6 Å². The average molecular weight is 370 g/mol. The zero-order valence-corrected chi connectivity index (χ0v) is 14.2. The third-order valence-electron chi connectivity index (χ3n) is 4.13. The quantitative estimate of drug-likeness (QED) is 0.879. The normalized spacial score (nSPS) is 15.6. The molecule has 134 valence electrons. The number of hydrogen-bond acceptors (Lipinski definition) is 4. The van der Waals surface area contributed by atoms with Crippen LogP contribution in [0.1, 0.15) is 12.8 Å². The summed E-state index contributed by atoms with van der Waals surface area (Å²) >= 11 is 5.84. The van der Waals surface area contributed by atoms with Crippen molar-refractivity contribution in [1.82, 2.24) is 14.8 Å². The molecule has 1 N–H and O–H groups in total. The minimum Gasteiger partial charge on any atom is -0.357 e. The molecule has 0 aromatic carbocycles. The van der Waals surface area contributed by atoms with Crippen LogP contribution in [0.15, 0.2) is 30.7 Å². The lowest BCUT2D eigenvalue weighted by Gasteiger charge is -2.32. The molecule has 3 rings (SSSR count). The van der Waals surface area contributed by atoms with Gasteiger partial charge in [0.05, 0.1) is 16.9 Å². The van der Waals surface area contributed by atoms with E-state index < -0.39 is 13.0 Å². The minimum absolute atomic E-state index is 0.111. The number of aromatic nitrogens is 3. The van der Waals surface area contributed by atoms with Crippen LogP contribution in [0.5, 0.6) is 0 Å². The number of carbonyl (C=O) groups excluding carboxylic acids is 1. The van der Waals surface area contributed by atoms with Crippen LogP contribution in [0.3, 0.4) is 0 Å². The second-order valence-electron chi connectivity index (χ2n) is 5.93. The van der Waals surface area contributed by atoms with Crippen molar-refractivity contribution < 1.29 is 13.6 Å². The lowest BCUT2D eigenvalue weighted by molar-refractivity contribution is -0.120. The topological polar surface area (TPSA) is 63.1 Å². The van der Waals surface area contributed by atoms with E-state index in [1.54, 1.807) is 12.3 Å². The fourth-order valence-corrected chi connectivity index (χ4v) is 2.95. The highest BCUT2D eigenvalue weighted by atomic mass is 35.5. The Morgan fingerprint density at radius 1 is 1.32 bits per heavy atom. The molecule has 2 aromatic rings. The Hall–Kier alpha value is -2.22. The van der Waals surface area contributed by atoms with Gasteiger partial charge in [-0.2, -0.15) is 5.10 Å². The third-order valence-corrected chi connectivity index (χ3v) is 4.35. The molecule has 1 amide bonds. The third kappa shape index (κ3) is 4.66. The summed E-state index contributed by atoms with van der Waals surface area (Å²) in [5, 5.41) is 7.14. The molecule has 1 fully saturated rings. The molecule has 2 aromatic heterocycles. The summed E-state index contributed by atoms with van der Waals surface area (Å²) in [5.41, 5.74) is 0.437. The summed E-state index contributed by atoms with van der Waals surface area (Å²) in [6.07, 6.45) is 3.31. The molecule has 0 bridgehead atoms. The molecule has 25 heavy (non-hydrogen) atoms. The molecule has 3 heterocycles. The summed E-state index contributed by atoms with van der Waals surface area (Å²) in [4.78, 5) is 18.7. The summed E-state index contributed by atoms with van der Waals surface area (Å²) < 4.78 is 25.8. The van der Waals surface area contributed by atoms with Crippen LogP contribution in [0.2, 0.25) is 5.02 Å². The number of nitrogens with zero attached hydrogens (tertiary/aromatic N) is 4. The summed E-state index contributed by atoms with van der Waals surface area (Å²) in [6.45, 7) is 0.955. The lowest BCUT2D eigenvalue weighted by atomic mass is 9.96. The molecule has 1 aliphatic heterocycles. The summed E-state index contributed by atoms with van der Waals surface area (Å²) in [5.74, 6) is 0.610.